The minimum absolute atomic E-state index is 0.0311. The molecule has 9 nitrogen and oxygen atoms in total. The number of carboxylic acid groups (broad SMARTS) is 1. The van der Waals surface area contributed by atoms with Crippen molar-refractivity contribution in [2.75, 3.05) is 5.32 Å². The first kappa shape index (κ1) is 25.2. The predicted octanol–water partition coefficient (Wildman–Crippen LogP) is 3.72. The largest absolute Gasteiger partial charge is 0.491 e. The third-order valence-corrected chi connectivity index (χ3v) is 6.44. The summed E-state index contributed by atoms with van der Waals surface area (Å²) in [7, 11) is 0. The second-order valence-corrected chi connectivity index (χ2v) is 9.71. The number of ether oxygens (including phenoxy) is 1. The first-order chi connectivity index (χ1) is 17.1. The zero-order valence-corrected chi connectivity index (χ0v) is 21.1. The van der Waals surface area contributed by atoms with E-state index in [-0.39, 0.29) is 25.1 Å². The van der Waals surface area contributed by atoms with Crippen LogP contribution in [0.4, 0.5) is 11.6 Å². The van der Waals surface area contributed by atoms with Crippen LogP contribution in [-0.2, 0) is 24.3 Å². The van der Waals surface area contributed by atoms with E-state index >= 15 is 0 Å². The van der Waals surface area contributed by atoms with E-state index in [1.165, 1.54) is 4.57 Å². The molecule has 0 spiro atoms. The Kier molecular flexibility index (Phi) is 7.01. The lowest BCUT2D eigenvalue weighted by molar-refractivity contribution is -0.144. The number of benzene rings is 2. The van der Waals surface area contributed by atoms with Gasteiger partial charge in [0, 0.05) is 12.2 Å². The lowest BCUT2D eigenvalue weighted by Crippen LogP contribution is -2.45. The second-order valence-electron chi connectivity index (χ2n) is 9.71. The molecule has 1 heterocycles. The van der Waals surface area contributed by atoms with Gasteiger partial charge in [0.1, 0.15) is 5.75 Å². The Morgan fingerprint density at radius 1 is 1.14 bits per heavy atom. The maximum atomic E-state index is 13.5. The van der Waals surface area contributed by atoms with Gasteiger partial charge in [-0.2, -0.15) is 4.98 Å². The fourth-order valence-electron chi connectivity index (χ4n) is 4.10. The number of carbonyl (C=O) groups is 1. The van der Waals surface area contributed by atoms with E-state index in [9.17, 15) is 19.5 Å². The highest BCUT2D eigenvalue weighted by atomic mass is 16.5. The molecule has 0 amide bonds. The highest BCUT2D eigenvalue weighted by Crippen LogP contribution is 2.46. The number of anilines is 2. The molecule has 0 aliphatic heterocycles. The van der Waals surface area contributed by atoms with Crippen LogP contribution in [0.15, 0.2) is 52.1 Å². The van der Waals surface area contributed by atoms with Crippen LogP contribution in [0, 0.1) is 12.3 Å². The molecule has 2 aromatic carbocycles. The number of aryl methyl sites for hydroxylation is 2. The number of rotatable bonds is 10. The monoisotopic (exact) mass is 492 g/mol. The molecule has 1 aliphatic carbocycles. The van der Waals surface area contributed by atoms with Crippen molar-refractivity contribution in [2.45, 2.75) is 66.2 Å². The van der Waals surface area contributed by atoms with Crippen molar-refractivity contribution in [1.29, 1.82) is 0 Å². The molecule has 36 heavy (non-hydrogen) atoms. The van der Waals surface area contributed by atoms with Crippen LogP contribution in [0.3, 0.4) is 0 Å². The molecular formula is C27H32N4O5. The average Bonchev–Trinajstić information content (AvgIpc) is 3.62. The molecule has 1 aromatic heterocycles. The summed E-state index contributed by atoms with van der Waals surface area (Å²) in [5.74, 6) is -0.125. The first-order valence-electron chi connectivity index (χ1n) is 12.2. The Bertz CT molecular complexity index is 1380. The topological polar surface area (TPSA) is 115 Å². The van der Waals surface area contributed by atoms with Gasteiger partial charge in [-0.15, -0.1) is 0 Å². The van der Waals surface area contributed by atoms with Crippen LogP contribution in [0.2, 0.25) is 0 Å². The summed E-state index contributed by atoms with van der Waals surface area (Å²) in [4.78, 5) is 42.3. The molecule has 4 rings (SSSR count). The molecular weight excluding hydrogens is 460 g/mol. The number of nitrogens with zero attached hydrogens (tertiary/aromatic N) is 3. The van der Waals surface area contributed by atoms with Gasteiger partial charge < -0.3 is 15.2 Å². The Balaban J connectivity index is 1.76. The van der Waals surface area contributed by atoms with E-state index in [0.29, 0.717) is 18.5 Å². The fraction of sp³-hybridized carbons (Fsp3) is 0.407. The van der Waals surface area contributed by atoms with Crippen LogP contribution < -0.4 is 21.4 Å². The van der Waals surface area contributed by atoms with Crippen LogP contribution in [-0.4, -0.2) is 31.3 Å². The Morgan fingerprint density at radius 3 is 2.42 bits per heavy atom. The molecule has 0 unspecified atom stereocenters. The van der Waals surface area contributed by atoms with E-state index < -0.39 is 22.8 Å². The molecule has 2 N–H and O–H groups in total. The van der Waals surface area contributed by atoms with Crippen molar-refractivity contribution in [3.63, 3.8) is 0 Å². The maximum Gasteiger partial charge on any atom is 0.354 e. The third-order valence-electron chi connectivity index (χ3n) is 6.44. The van der Waals surface area contributed by atoms with Crippen molar-refractivity contribution in [1.82, 2.24) is 14.1 Å². The third kappa shape index (κ3) is 5.35. The molecule has 190 valence electrons. The van der Waals surface area contributed by atoms with Gasteiger partial charge in [0.05, 0.1) is 18.1 Å². The van der Waals surface area contributed by atoms with Gasteiger partial charge in [0.15, 0.2) is 0 Å². The Labute approximate surface area is 209 Å². The van der Waals surface area contributed by atoms with Crippen LogP contribution in [0.25, 0.3) is 0 Å². The molecule has 0 saturated heterocycles. The predicted molar refractivity (Wildman–Crippen MR) is 137 cm³/mol. The maximum absolute atomic E-state index is 13.5. The minimum Gasteiger partial charge on any atom is -0.491 e. The molecule has 0 radical (unpaired) electrons. The summed E-state index contributed by atoms with van der Waals surface area (Å²) in [6.07, 6.45) is 1.62. The van der Waals surface area contributed by atoms with E-state index in [0.717, 1.165) is 33.4 Å². The quantitative estimate of drug-likeness (QED) is 0.443. The molecule has 0 atom stereocenters. The molecule has 1 saturated carbocycles. The van der Waals surface area contributed by atoms with Crippen molar-refractivity contribution < 1.29 is 14.6 Å². The van der Waals surface area contributed by atoms with Crippen molar-refractivity contribution in [3.05, 3.63) is 80.1 Å². The van der Waals surface area contributed by atoms with Crippen LogP contribution in [0.5, 0.6) is 5.75 Å². The number of hydrogen-bond donors (Lipinski definition) is 2. The number of nitrogens with one attached hydrogen (secondary N) is 1. The fourth-order valence-corrected chi connectivity index (χ4v) is 4.10. The zero-order valence-electron chi connectivity index (χ0n) is 21.1. The molecule has 3 aromatic rings. The summed E-state index contributed by atoms with van der Waals surface area (Å²) in [6.45, 7) is 7.90. The molecule has 0 bridgehead atoms. The van der Waals surface area contributed by atoms with E-state index in [2.05, 4.69) is 10.3 Å². The number of carboxylic acids is 1. The van der Waals surface area contributed by atoms with E-state index in [1.54, 1.807) is 0 Å². The van der Waals surface area contributed by atoms with E-state index in [1.807, 2.05) is 70.2 Å². The normalized spacial score (nSPS) is 14.0. The van der Waals surface area contributed by atoms with Crippen molar-refractivity contribution >= 4 is 17.6 Å². The zero-order chi connectivity index (χ0) is 26.0. The second kappa shape index (κ2) is 10.0. The van der Waals surface area contributed by atoms with E-state index in [4.69, 9.17) is 4.74 Å². The first-order valence-corrected chi connectivity index (χ1v) is 12.2. The summed E-state index contributed by atoms with van der Waals surface area (Å²) in [5.41, 5.74) is 1.13. The SMILES string of the molecule is CCc1cc(Nc2nc(=O)n(CC3(C(=O)O)CC3)c(=O)n2Cc2ccc(C)cc2)ccc1OC(C)C. The average molecular weight is 493 g/mol. The number of aromatic nitrogens is 3. The van der Waals surface area contributed by atoms with Crippen molar-refractivity contribution in [2.24, 2.45) is 5.41 Å². The highest BCUT2D eigenvalue weighted by molar-refractivity contribution is 5.77. The Morgan fingerprint density at radius 2 is 1.83 bits per heavy atom. The minimum atomic E-state index is -1.08. The summed E-state index contributed by atoms with van der Waals surface area (Å²) in [5, 5.41) is 12.7. The van der Waals surface area contributed by atoms with Gasteiger partial charge in [-0.3, -0.25) is 9.36 Å². The van der Waals surface area contributed by atoms with Crippen LogP contribution >= 0.6 is 0 Å². The number of aliphatic carboxylic acids is 1. The lowest BCUT2D eigenvalue weighted by atomic mass is 10.1. The Hall–Kier alpha value is -3.88. The van der Waals surface area contributed by atoms with Gasteiger partial charge in [-0.1, -0.05) is 36.8 Å². The van der Waals surface area contributed by atoms with Gasteiger partial charge in [-0.05, 0) is 69.4 Å². The van der Waals surface area contributed by atoms with Crippen LogP contribution in [0.1, 0.15) is 50.3 Å². The summed E-state index contributed by atoms with van der Waals surface area (Å²) < 4.78 is 8.20. The molecule has 1 fully saturated rings. The standard InChI is InChI=1S/C27H32N4O5/c1-5-20-14-21(10-11-22(20)36-17(2)3)28-24-29-25(34)31(16-27(12-13-27)23(32)33)26(35)30(24)15-19-8-6-18(4)7-9-19/h6-11,14,17H,5,12-13,15-16H2,1-4H3,(H,32,33)(H,28,29,34). The van der Waals surface area contributed by atoms with Gasteiger partial charge in [0.2, 0.25) is 5.95 Å². The molecule has 1 aliphatic rings. The van der Waals surface area contributed by atoms with Gasteiger partial charge >= 0.3 is 17.3 Å². The lowest BCUT2D eigenvalue weighted by Gasteiger charge is -2.18. The van der Waals surface area contributed by atoms with Gasteiger partial charge in [-0.25, -0.2) is 14.2 Å². The number of hydrogen-bond acceptors (Lipinski definition) is 6. The van der Waals surface area contributed by atoms with Gasteiger partial charge in [0.25, 0.3) is 0 Å². The smallest absolute Gasteiger partial charge is 0.354 e. The molecule has 9 heteroatoms. The highest BCUT2D eigenvalue weighted by Gasteiger charge is 2.51. The van der Waals surface area contributed by atoms with Crippen molar-refractivity contribution in [3.8, 4) is 5.75 Å². The summed E-state index contributed by atoms with van der Waals surface area (Å²) in [6, 6.07) is 13.3. The summed E-state index contributed by atoms with van der Waals surface area (Å²) >= 11 is 0.